The smallest absolute Gasteiger partial charge is 0.261 e. The zero-order valence-corrected chi connectivity index (χ0v) is 18.4. The first-order valence-electron chi connectivity index (χ1n) is 9.85. The molecule has 1 aliphatic rings. The molecule has 2 aromatic carbocycles. The number of aromatic amines is 1. The number of nitrogens with one attached hydrogen (secondary N) is 2. The molecule has 2 N–H and O–H groups in total. The molecule has 0 unspecified atom stereocenters. The number of nitrogens with zero attached hydrogens (tertiary/aromatic N) is 1. The third-order valence-corrected chi connectivity index (χ3v) is 6.07. The lowest BCUT2D eigenvalue weighted by Crippen LogP contribution is -2.32. The van der Waals surface area contributed by atoms with Crippen molar-refractivity contribution in [3.63, 3.8) is 0 Å². The molecule has 0 spiro atoms. The van der Waals surface area contributed by atoms with Crippen LogP contribution in [0, 0.1) is 13.8 Å². The topological polar surface area (TPSA) is 82.3 Å². The number of hydrogen-bond acceptors (Lipinski definition) is 3. The van der Waals surface area contributed by atoms with Gasteiger partial charge in [0.05, 0.1) is 11.1 Å². The molecule has 0 atom stereocenters. The lowest BCUT2D eigenvalue weighted by molar-refractivity contribution is -0.121. The molecule has 6 nitrogen and oxygen atoms in total. The van der Waals surface area contributed by atoms with Crippen molar-refractivity contribution < 1.29 is 14.4 Å². The maximum absolute atomic E-state index is 12.5. The third-order valence-electron chi connectivity index (χ3n) is 5.58. The minimum atomic E-state index is -0.304. The predicted octanol–water partition coefficient (Wildman–Crippen LogP) is 4.24. The van der Waals surface area contributed by atoms with E-state index in [1.54, 1.807) is 18.2 Å². The van der Waals surface area contributed by atoms with Crippen LogP contribution in [-0.2, 0) is 11.3 Å². The Hall–Kier alpha value is -2.93. The first-order chi connectivity index (χ1) is 14.3. The summed E-state index contributed by atoms with van der Waals surface area (Å²) < 4.78 is 0.756. The van der Waals surface area contributed by atoms with Crippen LogP contribution in [0.2, 0.25) is 0 Å². The molecule has 1 aromatic heterocycles. The molecule has 7 heteroatoms. The number of fused-ring (bicyclic) bond motifs is 2. The van der Waals surface area contributed by atoms with E-state index in [0.717, 1.165) is 26.6 Å². The highest BCUT2D eigenvalue weighted by atomic mass is 79.9. The average Bonchev–Trinajstić information content (AvgIpc) is 3.14. The van der Waals surface area contributed by atoms with Crippen molar-refractivity contribution in [3.8, 4) is 0 Å². The van der Waals surface area contributed by atoms with Crippen molar-refractivity contribution >= 4 is 44.6 Å². The molecule has 30 heavy (non-hydrogen) atoms. The number of carbonyl (C=O) groups excluding carboxylic acids is 3. The molecule has 0 fully saturated rings. The molecule has 0 saturated heterocycles. The van der Waals surface area contributed by atoms with Crippen molar-refractivity contribution in [1.82, 2.24) is 15.2 Å². The molecule has 0 bridgehead atoms. The van der Waals surface area contributed by atoms with Gasteiger partial charge in [0.2, 0.25) is 5.91 Å². The summed E-state index contributed by atoms with van der Waals surface area (Å²) in [6, 6.07) is 11.2. The number of halogens is 1. The van der Waals surface area contributed by atoms with Gasteiger partial charge in [0.1, 0.15) is 0 Å². The van der Waals surface area contributed by atoms with Gasteiger partial charge in [-0.05, 0) is 61.7 Å². The molecular weight excluding hydrogens is 446 g/mol. The van der Waals surface area contributed by atoms with Gasteiger partial charge in [-0.25, -0.2) is 0 Å². The van der Waals surface area contributed by atoms with Gasteiger partial charge in [-0.15, -0.1) is 0 Å². The fourth-order valence-corrected chi connectivity index (χ4v) is 4.13. The van der Waals surface area contributed by atoms with Crippen molar-refractivity contribution in [3.05, 3.63) is 68.8 Å². The Morgan fingerprint density at radius 1 is 1.07 bits per heavy atom. The number of H-pyrrole nitrogens is 1. The number of rotatable bonds is 6. The van der Waals surface area contributed by atoms with E-state index in [9.17, 15) is 14.4 Å². The van der Waals surface area contributed by atoms with Crippen molar-refractivity contribution in [2.45, 2.75) is 33.2 Å². The van der Waals surface area contributed by atoms with Crippen LogP contribution in [0.3, 0.4) is 0 Å². The summed E-state index contributed by atoms with van der Waals surface area (Å²) in [5, 5.41) is 4.08. The summed E-state index contributed by atoms with van der Waals surface area (Å²) in [6.07, 6.45) is 0.676. The van der Waals surface area contributed by atoms with E-state index < -0.39 is 0 Å². The Morgan fingerprint density at radius 2 is 1.83 bits per heavy atom. The molecule has 4 rings (SSSR count). The van der Waals surface area contributed by atoms with E-state index in [1.165, 1.54) is 10.5 Å². The van der Waals surface area contributed by atoms with E-state index in [4.69, 9.17) is 0 Å². The van der Waals surface area contributed by atoms with Gasteiger partial charge in [0.25, 0.3) is 11.8 Å². The molecule has 3 amide bonds. The molecule has 3 aromatic rings. The summed E-state index contributed by atoms with van der Waals surface area (Å²) in [5.74, 6) is -0.702. The lowest BCUT2D eigenvalue weighted by atomic mass is 10.1. The fraction of sp³-hybridized carbons (Fsp3) is 0.261. The van der Waals surface area contributed by atoms with Crippen LogP contribution in [0.4, 0.5) is 0 Å². The summed E-state index contributed by atoms with van der Waals surface area (Å²) in [7, 11) is 0. The quantitative estimate of drug-likeness (QED) is 0.531. The number of benzene rings is 2. The molecule has 1 aliphatic heterocycles. The van der Waals surface area contributed by atoms with Crippen LogP contribution in [0.15, 0.2) is 40.9 Å². The number of amides is 3. The highest BCUT2D eigenvalue weighted by Gasteiger charge is 2.35. The number of carbonyl (C=O) groups is 3. The Morgan fingerprint density at radius 3 is 2.63 bits per heavy atom. The van der Waals surface area contributed by atoms with Gasteiger partial charge in [0.15, 0.2) is 0 Å². The van der Waals surface area contributed by atoms with Crippen LogP contribution in [0.25, 0.3) is 10.9 Å². The minimum Gasteiger partial charge on any atom is -0.358 e. The number of aryl methyl sites for hydroxylation is 2. The average molecular weight is 468 g/mol. The SMILES string of the molecule is Cc1[nH]c2ccc(CNC(=O)CCCN3C(=O)c4ccc(Br)cc4C3=O)cc2c1C. The molecule has 154 valence electrons. The number of aromatic nitrogens is 1. The molecule has 0 saturated carbocycles. The van der Waals surface area contributed by atoms with E-state index in [-0.39, 0.29) is 30.7 Å². The Labute approximate surface area is 182 Å². The summed E-state index contributed by atoms with van der Waals surface area (Å²) in [4.78, 5) is 41.7. The molecule has 0 radical (unpaired) electrons. The van der Waals surface area contributed by atoms with Crippen LogP contribution >= 0.6 is 15.9 Å². The Balaban J connectivity index is 1.29. The van der Waals surface area contributed by atoms with Crippen LogP contribution < -0.4 is 5.32 Å². The van der Waals surface area contributed by atoms with Gasteiger partial charge >= 0.3 is 0 Å². The van der Waals surface area contributed by atoms with Crippen molar-refractivity contribution in [2.75, 3.05) is 6.54 Å². The first-order valence-corrected chi connectivity index (χ1v) is 10.6. The zero-order chi connectivity index (χ0) is 21.4. The molecule has 0 aliphatic carbocycles. The highest BCUT2D eigenvalue weighted by Crippen LogP contribution is 2.26. The first kappa shape index (κ1) is 20.3. The normalized spacial score (nSPS) is 13.2. The second-order valence-corrected chi connectivity index (χ2v) is 8.50. The fourth-order valence-electron chi connectivity index (χ4n) is 3.77. The summed E-state index contributed by atoms with van der Waals surface area (Å²) in [6.45, 7) is 4.79. The highest BCUT2D eigenvalue weighted by molar-refractivity contribution is 9.10. The Kier molecular flexibility index (Phi) is 5.47. The number of imide groups is 1. The Bertz CT molecular complexity index is 1180. The maximum Gasteiger partial charge on any atom is 0.261 e. The predicted molar refractivity (Wildman–Crippen MR) is 118 cm³/mol. The standard InChI is InChI=1S/C23H22BrN3O3/c1-13-14(2)26-20-8-5-15(10-18(13)20)12-25-21(28)4-3-9-27-22(29)17-7-6-16(24)11-19(17)23(27)30/h5-8,10-11,26H,3-4,9,12H2,1-2H3,(H,25,28). The second-order valence-electron chi connectivity index (χ2n) is 7.59. The zero-order valence-electron chi connectivity index (χ0n) is 16.8. The van der Waals surface area contributed by atoms with E-state index >= 15 is 0 Å². The van der Waals surface area contributed by atoms with Crippen molar-refractivity contribution in [2.24, 2.45) is 0 Å². The van der Waals surface area contributed by atoms with Gasteiger partial charge in [0, 0.05) is 40.6 Å². The van der Waals surface area contributed by atoms with Gasteiger partial charge in [-0.1, -0.05) is 22.0 Å². The minimum absolute atomic E-state index is 0.101. The van der Waals surface area contributed by atoms with Crippen molar-refractivity contribution in [1.29, 1.82) is 0 Å². The monoisotopic (exact) mass is 467 g/mol. The van der Waals surface area contributed by atoms with E-state index in [0.29, 0.717) is 24.1 Å². The largest absolute Gasteiger partial charge is 0.358 e. The van der Waals surface area contributed by atoms with Gasteiger partial charge in [-0.2, -0.15) is 0 Å². The summed E-state index contributed by atoms with van der Waals surface area (Å²) in [5.41, 5.74) is 5.30. The van der Waals surface area contributed by atoms with E-state index in [2.05, 4.69) is 39.2 Å². The van der Waals surface area contributed by atoms with E-state index in [1.807, 2.05) is 19.1 Å². The number of hydrogen-bond donors (Lipinski definition) is 2. The maximum atomic E-state index is 12.5. The lowest BCUT2D eigenvalue weighted by Gasteiger charge is -2.13. The summed E-state index contributed by atoms with van der Waals surface area (Å²) >= 11 is 3.32. The van der Waals surface area contributed by atoms with Gasteiger partial charge < -0.3 is 10.3 Å². The van der Waals surface area contributed by atoms with Crippen LogP contribution in [0.1, 0.15) is 50.4 Å². The second kappa shape index (κ2) is 8.07. The molecule has 2 heterocycles. The van der Waals surface area contributed by atoms with Crippen LogP contribution in [-0.4, -0.2) is 34.2 Å². The molecular formula is C23H22BrN3O3. The third kappa shape index (κ3) is 3.77. The van der Waals surface area contributed by atoms with Crippen LogP contribution in [0.5, 0.6) is 0 Å². The van der Waals surface area contributed by atoms with Gasteiger partial charge in [-0.3, -0.25) is 19.3 Å².